The Balaban J connectivity index is 1.10. The molecular weight excluding hydrogens is 827 g/mol. The minimum Gasteiger partial charge on any atom is -0.307 e. The first-order valence-corrected chi connectivity index (χ1v) is 23.3. The molecule has 0 atom stereocenters. The highest BCUT2D eigenvalue weighted by Gasteiger charge is 2.26. The predicted octanol–water partition coefficient (Wildman–Crippen LogP) is 16.1. The summed E-state index contributed by atoms with van der Waals surface area (Å²) < 4.78 is 4.80. The Kier molecular flexibility index (Phi) is 9.57. The topological polar surface area (TPSA) is 48.5 Å². The van der Waals surface area contributed by atoms with Gasteiger partial charge in [0, 0.05) is 38.2 Å². The van der Waals surface area contributed by atoms with E-state index in [0.717, 1.165) is 79.0 Å². The third kappa shape index (κ3) is 6.67. The molecule has 0 N–H and O–H groups in total. The molecule has 3 heterocycles. The Bertz CT molecular complexity index is 3950. The van der Waals surface area contributed by atoms with E-state index in [9.17, 15) is 0 Å². The van der Waals surface area contributed by atoms with Gasteiger partial charge in [0.2, 0.25) is 5.95 Å². The molecule has 9 aromatic carbocycles. The second kappa shape index (κ2) is 16.5. The van der Waals surface area contributed by atoms with E-state index in [1.807, 2.05) is 18.2 Å². The van der Waals surface area contributed by atoms with Crippen LogP contribution in [0.5, 0.6) is 0 Å². The van der Waals surface area contributed by atoms with Gasteiger partial charge in [0.05, 0.1) is 27.8 Å². The zero-order chi connectivity index (χ0) is 45.0. The fraction of sp³-hybridized carbons (Fsp3) is 0.0317. The lowest BCUT2D eigenvalue weighted by Gasteiger charge is -2.21. The maximum atomic E-state index is 5.49. The standard InChI is InChI=1S/C63H43N5/c1-5-20-42(21-6-1)46-28-17-29-47(40-46)48-30-18-31-49(41-48)62-64-61(45-26-11-4-12-27-45)65-63(66-62)68-56-36-16-14-33-52(56)54-39-38-53-51-32-13-15-35-55(51)67(59(53)60(54)68)57-37-19-34-50(43-22-7-2-8-23-43)58(57)44-24-9-3-10-25-44/h1-9,11-24,26-41H,10,25H2. The number of hydrogen-bond donors (Lipinski definition) is 0. The van der Waals surface area contributed by atoms with Crippen molar-refractivity contribution in [3.63, 3.8) is 0 Å². The summed E-state index contributed by atoms with van der Waals surface area (Å²) in [5, 5.41) is 4.60. The van der Waals surface area contributed by atoms with Crippen LogP contribution < -0.4 is 0 Å². The zero-order valence-corrected chi connectivity index (χ0v) is 37.2. The molecule has 0 aliphatic heterocycles. The van der Waals surface area contributed by atoms with Crippen molar-refractivity contribution in [2.45, 2.75) is 12.8 Å². The minimum absolute atomic E-state index is 0.555. The highest BCUT2D eigenvalue weighted by Crippen LogP contribution is 2.45. The minimum atomic E-state index is 0.555. The number of allylic oxidation sites excluding steroid dienone is 4. The van der Waals surface area contributed by atoms with Crippen LogP contribution in [0, 0.1) is 0 Å². The van der Waals surface area contributed by atoms with E-state index in [0.29, 0.717) is 17.6 Å². The van der Waals surface area contributed by atoms with Crippen molar-refractivity contribution < 1.29 is 0 Å². The molecule has 0 fully saturated rings. The highest BCUT2D eigenvalue weighted by molar-refractivity contribution is 6.24. The predicted molar refractivity (Wildman–Crippen MR) is 282 cm³/mol. The molecule has 13 rings (SSSR count). The fourth-order valence-corrected chi connectivity index (χ4v) is 10.3. The Morgan fingerprint density at radius 2 is 0.868 bits per heavy atom. The van der Waals surface area contributed by atoms with E-state index in [1.165, 1.54) is 38.8 Å². The molecule has 0 spiro atoms. The van der Waals surface area contributed by atoms with Crippen LogP contribution in [0.1, 0.15) is 18.4 Å². The lowest BCUT2D eigenvalue weighted by molar-refractivity contribution is 0.953. The van der Waals surface area contributed by atoms with Gasteiger partial charge in [-0.25, -0.2) is 4.98 Å². The number of nitrogens with zero attached hydrogens (tertiary/aromatic N) is 5. The maximum Gasteiger partial charge on any atom is 0.238 e. The molecule has 3 aromatic heterocycles. The number of hydrogen-bond acceptors (Lipinski definition) is 3. The van der Waals surface area contributed by atoms with Crippen molar-refractivity contribution in [3.05, 3.63) is 242 Å². The average Bonchev–Trinajstić information content (AvgIpc) is 3.95. The molecule has 68 heavy (non-hydrogen) atoms. The summed E-state index contributed by atoms with van der Waals surface area (Å²) in [6.45, 7) is 0. The second-order valence-corrected chi connectivity index (χ2v) is 17.5. The fourth-order valence-electron chi connectivity index (χ4n) is 10.3. The summed E-state index contributed by atoms with van der Waals surface area (Å²) in [5.41, 5.74) is 16.8. The summed E-state index contributed by atoms with van der Waals surface area (Å²) in [6, 6.07) is 77.8. The van der Waals surface area contributed by atoms with Gasteiger partial charge < -0.3 is 4.57 Å². The van der Waals surface area contributed by atoms with E-state index >= 15 is 0 Å². The first-order valence-electron chi connectivity index (χ1n) is 23.3. The highest BCUT2D eigenvalue weighted by atomic mass is 15.2. The van der Waals surface area contributed by atoms with Crippen molar-refractivity contribution >= 4 is 49.2 Å². The van der Waals surface area contributed by atoms with Crippen molar-refractivity contribution in [1.29, 1.82) is 0 Å². The number of rotatable bonds is 8. The molecule has 0 saturated carbocycles. The van der Waals surface area contributed by atoms with Gasteiger partial charge >= 0.3 is 0 Å². The molecule has 5 nitrogen and oxygen atoms in total. The van der Waals surface area contributed by atoms with Crippen LogP contribution in [-0.2, 0) is 0 Å². The Labute approximate surface area is 394 Å². The van der Waals surface area contributed by atoms with Crippen LogP contribution >= 0.6 is 0 Å². The van der Waals surface area contributed by atoms with Crippen LogP contribution in [0.25, 0.3) is 117 Å². The second-order valence-electron chi connectivity index (χ2n) is 17.5. The van der Waals surface area contributed by atoms with Crippen LogP contribution in [0.15, 0.2) is 237 Å². The molecule has 0 bridgehead atoms. The Morgan fingerprint density at radius 3 is 1.51 bits per heavy atom. The smallest absolute Gasteiger partial charge is 0.238 e. The number of fused-ring (bicyclic) bond motifs is 7. The van der Waals surface area contributed by atoms with Crippen molar-refractivity contribution in [2.24, 2.45) is 0 Å². The molecule has 0 amide bonds. The van der Waals surface area contributed by atoms with Crippen LogP contribution in [0.2, 0.25) is 0 Å². The molecular formula is C63H43N5. The van der Waals surface area contributed by atoms with Gasteiger partial charge in [-0.3, -0.25) is 4.57 Å². The lowest BCUT2D eigenvalue weighted by atomic mass is 9.89. The van der Waals surface area contributed by atoms with E-state index in [4.69, 9.17) is 15.0 Å². The van der Waals surface area contributed by atoms with Gasteiger partial charge in [-0.15, -0.1) is 0 Å². The van der Waals surface area contributed by atoms with Gasteiger partial charge in [0.15, 0.2) is 11.6 Å². The summed E-state index contributed by atoms with van der Waals surface area (Å²) in [5.74, 6) is 1.76. The molecule has 0 radical (unpaired) electrons. The van der Waals surface area contributed by atoms with Crippen LogP contribution in [-0.4, -0.2) is 24.1 Å². The molecule has 5 heteroatoms. The normalized spacial score (nSPS) is 12.6. The SMILES string of the molecule is C1=CCCC(c2c(-c3ccccc3)cccc2-n2c3ccccc3c3ccc4c5ccccc5n(-c5nc(-c6ccccc6)nc(-c6cccc(-c7cccc(-c8ccccc8)c7)c6)n5)c4c32)=C1. The van der Waals surface area contributed by atoms with Crippen LogP contribution in [0.3, 0.4) is 0 Å². The van der Waals surface area contributed by atoms with Gasteiger partial charge in [0.1, 0.15) is 0 Å². The number of para-hydroxylation sites is 2. The zero-order valence-electron chi connectivity index (χ0n) is 37.2. The average molecular weight is 870 g/mol. The number of benzene rings is 9. The molecule has 1 aliphatic carbocycles. The molecule has 0 unspecified atom stereocenters. The van der Waals surface area contributed by atoms with Gasteiger partial charge in [-0.1, -0.05) is 206 Å². The quantitative estimate of drug-likeness (QED) is 0.153. The summed E-state index contributed by atoms with van der Waals surface area (Å²) in [6.07, 6.45) is 8.74. The van der Waals surface area contributed by atoms with E-state index in [1.54, 1.807) is 0 Å². The van der Waals surface area contributed by atoms with Crippen molar-refractivity contribution in [2.75, 3.05) is 0 Å². The lowest BCUT2D eigenvalue weighted by Crippen LogP contribution is -2.08. The van der Waals surface area contributed by atoms with Crippen LogP contribution in [0.4, 0.5) is 0 Å². The van der Waals surface area contributed by atoms with Gasteiger partial charge in [-0.2, -0.15) is 9.97 Å². The molecule has 320 valence electrons. The molecule has 12 aromatic rings. The van der Waals surface area contributed by atoms with Crippen molar-refractivity contribution in [1.82, 2.24) is 24.1 Å². The van der Waals surface area contributed by atoms with E-state index in [2.05, 4.69) is 228 Å². The van der Waals surface area contributed by atoms with E-state index in [-0.39, 0.29) is 0 Å². The first kappa shape index (κ1) is 39.4. The third-order valence-corrected chi connectivity index (χ3v) is 13.5. The summed E-state index contributed by atoms with van der Waals surface area (Å²) >= 11 is 0. The monoisotopic (exact) mass is 869 g/mol. The Hall–Kier alpha value is -8.93. The van der Waals surface area contributed by atoms with E-state index < -0.39 is 0 Å². The summed E-state index contributed by atoms with van der Waals surface area (Å²) in [4.78, 5) is 16.2. The largest absolute Gasteiger partial charge is 0.307 e. The number of aromatic nitrogens is 5. The first-order chi connectivity index (χ1) is 33.7. The molecule has 0 saturated heterocycles. The van der Waals surface area contributed by atoms with Crippen molar-refractivity contribution in [3.8, 4) is 67.8 Å². The van der Waals surface area contributed by atoms with Gasteiger partial charge in [-0.05, 0) is 82.1 Å². The maximum absolute atomic E-state index is 5.49. The summed E-state index contributed by atoms with van der Waals surface area (Å²) in [7, 11) is 0. The molecule has 1 aliphatic rings. The Morgan fingerprint density at radius 1 is 0.368 bits per heavy atom. The van der Waals surface area contributed by atoms with Gasteiger partial charge in [0.25, 0.3) is 0 Å². The third-order valence-electron chi connectivity index (χ3n) is 13.5.